The van der Waals surface area contributed by atoms with Crippen molar-refractivity contribution in [1.29, 1.82) is 0 Å². The first-order valence-corrected chi connectivity index (χ1v) is 6.79. The maximum atomic E-state index is 12.3. The van der Waals surface area contributed by atoms with Crippen LogP contribution in [0.2, 0.25) is 0 Å². The molecule has 3 heteroatoms. The van der Waals surface area contributed by atoms with E-state index in [4.69, 9.17) is 0 Å². The Morgan fingerprint density at radius 1 is 1.25 bits per heavy atom. The van der Waals surface area contributed by atoms with Crippen molar-refractivity contribution in [2.45, 2.75) is 58.0 Å². The van der Waals surface area contributed by atoms with Crippen LogP contribution in [0.15, 0.2) is 0 Å². The van der Waals surface area contributed by atoms with Gasteiger partial charge in [-0.25, -0.2) is 0 Å². The van der Waals surface area contributed by atoms with Crippen LogP contribution in [0.25, 0.3) is 0 Å². The lowest BCUT2D eigenvalue weighted by molar-refractivity contribution is -0.136. The third-order valence-electron chi connectivity index (χ3n) is 4.17. The summed E-state index contributed by atoms with van der Waals surface area (Å²) in [5.74, 6) is 0.635. The average molecular weight is 224 g/mol. The minimum atomic E-state index is 0.247. The minimum absolute atomic E-state index is 0.247. The molecule has 2 unspecified atom stereocenters. The third-order valence-corrected chi connectivity index (χ3v) is 4.17. The van der Waals surface area contributed by atoms with Crippen LogP contribution < -0.4 is 5.32 Å². The Morgan fingerprint density at radius 3 is 2.62 bits per heavy atom. The molecule has 2 heterocycles. The van der Waals surface area contributed by atoms with E-state index in [-0.39, 0.29) is 5.92 Å². The zero-order chi connectivity index (χ0) is 11.5. The molecule has 2 fully saturated rings. The van der Waals surface area contributed by atoms with Crippen molar-refractivity contribution in [3.63, 3.8) is 0 Å². The third kappa shape index (κ3) is 2.40. The quantitative estimate of drug-likeness (QED) is 0.792. The van der Waals surface area contributed by atoms with Crippen molar-refractivity contribution in [3.8, 4) is 0 Å². The molecule has 0 aromatic rings. The van der Waals surface area contributed by atoms with E-state index in [1.165, 1.54) is 12.8 Å². The summed E-state index contributed by atoms with van der Waals surface area (Å²) >= 11 is 0. The number of rotatable bonds is 3. The van der Waals surface area contributed by atoms with Gasteiger partial charge < -0.3 is 10.2 Å². The summed E-state index contributed by atoms with van der Waals surface area (Å²) in [5, 5.41) is 3.62. The number of amides is 1. The Balaban J connectivity index is 1.96. The Bertz CT molecular complexity index is 250. The largest absolute Gasteiger partial charge is 0.341 e. The summed E-state index contributed by atoms with van der Waals surface area (Å²) in [6.45, 7) is 6.14. The van der Waals surface area contributed by atoms with E-state index in [1.54, 1.807) is 0 Å². The number of nitrogens with one attached hydrogen (secondary N) is 1. The normalized spacial score (nSPS) is 29.6. The topological polar surface area (TPSA) is 32.3 Å². The number of carbonyl (C=O) groups excluding carboxylic acids is 1. The summed E-state index contributed by atoms with van der Waals surface area (Å²) in [4.78, 5) is 14.4. The highest BCUT2D eigenvalue weighted by atomic mass is 16.2. The Morgan fingerprint density at radius 2 is 1.94 bits per heavy atom. The highest BCUT2D eigenvalue weighted by Crippen LogP contribution is 2.22. The molecule has 2 aliphatic heterocycles. The van der Waals surface area contributed by atoms with Gasteiger partial charge in [-0.05, 0) is 32.1 Å². The number of carbonyl (C=O) groups is 1. The molecule has 0 saturated carbocycles. The summed E-state index contributed by atoms with van der Waals surface area (Å²) < 4.78 is 0. The predicted molar refractivity (Wildman–Crippen MR) is 65.2 cm³/mol. The second-order valence-electron chi connectivity index (χ2n) is 5.22. The monoisotopic (exact) mass is 224 g/mol. The lowest BCUT2D eigenvalue weighted by atomic mass is 10.0. The van der Waals surface area contributed by atoms with Gasteiger partial charge in [0.25, 0.3) is 0 Å². The zero-order valence-electron chi connectivity index (χ0n) is 10.5. The summed E-state index contributed by atoms with van der Waals surface area (Å²) in [7, 11) is 0. The van der Waals surface area contributed by atoms with E-state index < -0.39 is 0 Å². The van der Waals surface area contributed by atoms with Crippen LogP contribution in [0.4, 0.5) is 0 Å². The van der Waals surface area contributed by atoms with Gasteiger partial charge in [-0.3, -0.25) is 4.79 Å². The maximum Gasteiger partial charge on any atom is 0.225 e. The zero-order valence-corrected chi connectivity index (χ0v) is 10.5. The van der Waals surface area contributed by atoms with Gasteiger partial charge in [0.1, 0.15) is 0 Å². The van der Waals surface area contributed by atoms with Crippen LogP contribution >= 0.6 is 0 Å². The molecule has 0 aliphatic carbocycles. The van der Waals surface area contributed by atoms with Crippen LogP contribution in [0, 0.1) is 5.92 Å². The molecule has 0 aromatic carbocycles. The fourth-order valence-corrected chi connectivity index (χ4v) is 3.04. The molecule has 0 radical (unpaired) electrons. The first-order chi connectivity index (χ1) is 7.74. The summed E-state index contributed by atoms with van der Waals surface area (Å²) in [5.41, 5.74) is 0. The Labute approximate surface area is 98.6 Å². The van der Waals surface area contributed by atoms with Gasteiger partial charge in [-0.2, -0.15) is 0 Å². The molecule has 16 heavy (non-hydrogen) atoms. The summed E-state index contributed by atoms with van der Waals surface area (Å²) in [6.07, 6.45) is 5.65. The average Bonchev–Trinajstić information content (AvgIpc) is 2.60. The second-order valence-corrected chi connectivity index (χ2v) is 5.22. The van der Waals surface area contributed by atoms with E-state index in [0.717, 1.165) is 32.4 Å². The van der Waals surface area contributed by atoms with E-state index in [0.29, 0.717) is 18.0 Å². The molecule has 2 atom stereocenters. The van der Waals surface area contributed by atoms with Crippen LogP contribution in [-0.2, 0) is 4.79 Å². The van der Waals surface area contributed by atoms with E-state index in [2.05, 4.69) is 24.1 Å². The highest BCUT2D eigenvalue weighted by molar-refractivity contribution is 5.78. The molecule has 2 rings (SSSR count). The maximum absolute atomic E-state index is 12.3. The molecule has 92 valence electrons. The van der Waals surface area contributed by atoms with Crippen molar-refractivity contribution >= 4 is 5.91 Å². The van der Waals surface area contributed by atoms with Crippen LogP contribution in [-0.4, -0.2) is 36.0 Å². The van der Waals surface area contributed by atoms with Crippen LogP contribution in [0.1, 0.15) is 46.0 Å². The molecule has 1 N–H and O–H groups in total. The van der Waals surface area contributed by atoms with E-state index in [1.807, 2.05) is 0 Å². The lowest BCUT2D eigenvalue weighted by Gasteiger charge is -2.27. The van der Waals surface area contributed by atoms with Crippen molar-refractivity contribution < 1.29 is 4.79 Å². The van der Waals surface area contributed by atoms with Crippen molar-refractivity contribution in [3.05, 3.63) is 0 Å². The standard InChI is InChI=1S/C13H24N2O/c1-3-10(4-2)13(16)15-8-7-11-5-6-12(9-15)14-11/h10-12,14H,3-9H2,1-2H3. The Hall–Kier alpha value is -0.570. The molecule has 2 bridgehead atoms. The first-order valence-electron chi connectivity index (χ1n) is 6.79. The van der Waals surface area contributed by atoms with Gasteiger partial charge in [0.2, 0.25) is 5.91 Å². The predicted octanol–water partition coefficient (Wildman–Crippen LogP) is 1.78. The molecule has 1 amide bonds. The molecule has 2 saturated heterocycles. The smallest absolute Gasteiger partial charge is 0.225 e. The van der Waals surface area contributed by atoms with Crippen LogP contribution in [0.5, 0.6) is 0 Å². The molecule has 0 aromatic heterocycles. The molecular weight excluding hydrogens is 200 g/mol. The van der Waals surface area contributed by atoms with Gasteiger partial charge >= 0.3 is 0 Å². The molecule has 0 spiro atoms. The number of hydrogen-bond acceptors (Lipinski definition) is 2. The van der Waals surface area contributed by atoms with E-state index in [9.17, 15) is 4.79 Å². The number of fused-ring (bicyclic) bond motifs is 2. The molecule has 3 nitrogen and oxygen atoms in total. The summed E-state index contributed by atoms with van der Waals surface area (Å²) in [6, 6.07) is 1.23. The number of hydrogen-bond donors (Lipinski definition) is 1. The molecular formula is C13H24N2O. The van der Waals surface area contributed by atoms with Gasteiger partial charge in [0, 0.05) is 31.1 Å². The van der Waals surface area contributed by atoms with E-state index >= 15 is 0 Å². The number of likely N-dealkylation sites (tertiary alicyclic amines) is 1. The second kappa shape index (κ2) is 5.17. The highest BCUT2D eigenvalue weighted by Gasteiger charge is 2.32. The SMILES string of the molecule is CCC(CC)C(=O)N1CCC2CCC(C1)N2. The molecule has 2 aliphatic rings. The number of nitrogens with zero attached hydrogens (tertiary/aromatic N) is 1. The van der Waals surface area contributed by atoms with Crippen molar-refractivity contribution in [2.24, 2.45) is 5.92 Å². The van der Waals surface area contributed by atoms with Gasteiger partial charge in [0.15, 0.2) is 0 Å². The lowest BCUT2D eigenvalue weighted by Crippen LogP contribution is -2.41. The Kier molecular flexibility index (Phi) is 3.85. The fourth-order valence-electron chi connectivity index (χ4n) is 3.04. The van der Waals surface area contributed by atoms with Crippen LogP contribution in [0.3, 0.4) is 0 Å². The van der Waals surface area contributed by atoms with Gasteiger partial charge in [0.05, 0.1) is 0 Å². The van der Waals surface area contributed by atoms with Gasteiger partial charge in [-0.15, -0.1) is 0 Å². The minimum Gasteiger partial charge on any atom is -0.341 e. The van der Waals surface area contributed by atoms with Crippen molar-refractivity contribution in [1.82, 2.24) is 10.2 Å². The first kappa shape index (κ1) is 11.9. The fraction of sp³-hybridized carbons (Fsp3) is 0.923. The van der Waals surface area contributed by atoms with Gasteiger partial charge in [-0.1, -0.05) is 13.8 Å². The van der Waals surface area contributed by atoms with Crippen molar-refractivity contribution in [2.75, 3.05) is 13.1 Å².